The third kappa shape index (κ3) is 2.34. The van der Waals surface area contributed by atoms with Crippen molar-refractivity contribution in [3.05, 3.63) is 36.2 Å². The summed E-state index contributed by atoms with van der Waals surface area (Å²) in [5, 5.41) is 9.04. The molecule has 0 aliphatic carbocycles. The van der Waals surface area contributed by atoms with E-state index in [1.807, 2.05) is 0 Å². The lowest BCUT2D eigenvalue weighted by Crippen LogP contribution is -2.17. The smallest absolute Gasteiger partial charge is 0.476 e. The minimum atomic E-state index is -4.89. The van der Waals surface area contributed by atoms with Gasteiger partial charge >= 0.3 is 12.3 Å². The maximum Gasteiger partial charge on any atom is 0.573 e. The first kappa shape index (κ1) is 12.2. The van der Waals surface area contributed by atoms with Crippen LogP contribution in [0.3, 0.4) is 0 Å². The van der Waals surface area contributed by atoms with Gasteiger partial charge in [0.05, 0.1) is 5.39 Å². The molecule has 18 heavy (non-hydrogen) atoms. The molecule has 1 aromatic carbocycles. The second-order valence-corrected chi connectivity index (χ2v) is 3.37. The van der Waals surface area contributed by atoms with Crippen LogP contribution < -0.4 is 4.74 Å². The molecule has 1 aromatic heterocycles. The van der Waals surface area contributed by atoms with Gasteiger partial charge in [0.1, 0.15) is 5.75 Å². The van der Waals surface area contributed by atoms with Crippen LogP contribution in [0, 0.1) is 0 Å². The summed E-state index contributed by atoms with van der Waals surface area (Å²) in [6.45, 7) is 0. The number of carbonyl (C=O) groups is 1. The average molecular weight is 257 g/mol. The van der Waals surface area contributed by atoms with Crippen molar-refractivity contribution >= 4 is 16.7 Å². The van der Waals surface area contributed by atoms with Crippen LogP contribution in [0.25, 0.3) is 10.8 Å². The van der Waals surface area contributed by atoms with Gasteiger partial charge in [-0.1, -0.05) is 12.1 Å². The Balaban J connectivity index is 2.70. The van der Waals surface area contributed by atoms with Gasteiger partial charge in [-0.2, -0.15) is 0 Å². The van der Waals surface area contributed by atoms with E-state index < -0.39 is 23.8 Å². The van der Waals surface area contributed by atoms with Crippen LogP contribution in [0.5, 0.6) is 5.75 Å². The number of nitrogens with zero attached hydrogens (tertiary/aromatic N) is 1. The highest BCUT2D eigenvalue weighted by molar-refractivity contribution is 6.04. The zero-order chi connectivity index (χ0) is 13.3. The fourth-order valence-electron chi connectivity index (χ4n) is 1.57. The summed E-state index contributed by atoms with van der Waals surface area (Å²) < 4.78 is 40.4. The maximum absolute atomic E-state index is 12.2. The number of fused-ring (bicyclic) bond motifs is 1. The fourth-order valence-corrected chi connectivity index (χ4v) is 1.57. The molecule has 0 amide bonds. The monoisotopic (exact) mass is 257 g/mol. The van der Waals surface area contributed by atoms with Gasteiger partial charge in [-0.05, 0) is 17.5 Å². The Morgan fingerprint density at radius 1 is 1.28 bits per heavy atom. The predicted octanol–water partition coefficient (Wildman–Crippen LogP) is 2.83. The molecule has 0 radical (unpaired) electrons. The van der Waals surface area contributed by atoms with Crippen LogP contribution in [-0.2, 0) is 0 Å². The molecule has 0 spiro atoms. The Morgan fingerprint density at radius 3 is 2.61 bits per heavy atom. The van der Waals surface area contributed by atoms with E-state index in [1.165, 1.54) is 24.4 Å². The highest BCUT2D eigenvalue weighted by Crippen LogP contribution is 2.32. The number of ether oxygens (including phenoxy) is 1. The van der Waals surface area contributed by atoms with Gasteiger partial charge < -0.3 is 9.84 Å². The summed E-state index contributed by atoms with van der Waals surface area (Å²) in [6, 6.07) is 5.27. The standard InChI is InChI=1S/C11H6F3NO3/c12-11(13,14)18-7-3-1-2-6-4-5-15-9(8(6)7)10(16)17/h1-5H,(H,16,17). The van der Waals surface area contributed by atoms with Crippen molar-refractivity contribution in [2.45, 2.75) is 6.36 Å². The van der Waals surface area contributed by atoms with E-state index in [-0.39, 0.29) is 5.39 Å². The SMILES string of the molecule is O=C(O)c1nccc2cccc(OC(F)(F)F)c12. The molecule has 0 saturated carbocycles. The first-order valence-corrected chi connectivity index (χ1v) is 4.75. The van der Waals surface area contributed by atoms with Crippen molar-refractivity contribution in [1.82, 2.24) is 4.98 Å². The van der Waals surface area contributed by atoms with Gasteiger partial charge in [0.15, 0.2) is 5.69 Å². The number of carboxylic acids is 1. The summed E-state index contributed by atoms with van der Waals surface area (Å²) in [7, 11) is 0. The summed E-state index contributed by atoms with van der Waals surface area (Å²) in [6.07, 6.45) is -3.68. The zero-order valence-electron chi connectivity index (χ0n) is 8.73. The van der Waals surface area contributed by atoms with Crippen molar-refractivity contribution in [3.8, 4) is 5.75 Å². The Kier molecular flexibility index (Phi) is 2.82. The molecule has 1 N–H and O–H groups in total. The summed E-state index contributed by atoms with van der Waals surface area (Å²) >= 11 is 0. The van der Waals surface area contributed by atoms with Gasteiger partial charge in [0.25, 0.3) is 0 Å². The Labute approximate surface area is 98.6 Å². The van der Waals surface area contributed by atoms with Crippen molar-refractivity contribution in [2.75, 3.05) is 0 Å². The Hall–Kier alpha value is -2.31. The van der Waals surface area contributed by atoms with Crippen molar-refractivity contribution in [2.24, 2.45) is 0 Å². The van der Waals surface area contributed by atoms with Crippen LogP contribution in [0.1, 0.15) is 10.5 Å². The predicted molar refractivity (Wildman–Crippen MR) is 55.4 cm³/mol. The molecule has 0 saturated heterocycles. The van der Waals surface area contributed by atoms with Crippen LogP contribution in [0.15, 0.2) is 30.5 Å². The number of alkyl halides is 3. The number of aromatic carboxylic acids is 1. The van der Waals surface area contributed by atoms with E-state index in [4.69, 9.17) is 5.11 Å². The minimum Gasteiger partial charge on any atom is -0.476 e. The minimum absolute atomic E-state index is 0.176. The first-order chi connectivity index (χ1) is 8.38. The van der Waals surface area contributed by atoms with Crippen molar-refractivity contribution in [3.63, 3.8) is 0 Å². The largest absolute Gasteiger partial charge is 0.573 e. The van der Waals surface area contributed by atoms with E-state index in [0.717, 1.165) is 6.07 Å². The first-order valence-electron chi connectivity index (χ1n) is 4.75. The van der Waals surface area contributed by atoms with Crippen LogP contribution >= 0.6 is 0 Å². The van der Waals surface area contributed by atoms with E-state index in [1.54, 1.807) is 0 Å². The molecule has 2 aromatic rings. The van der Waals surface area contributed by atoms with Crippen LogP contribution in [0.4, 0.5) is 13.2 Å². The number of hydrogen-bond acceptors (Lipinski definition) is 3. The van der Waals surface area contributed by atoms with E-state index >= 15 is 0 Å². The van der Waals surface area contributed by atoms with E-state index in [2.05, 4.69) is 9.72 Å². The molecule has 1 heterocycles. The molecule has 0 atom stereocenters. The van der Waals surface area contributed by atoms with E-state index in [9.17, 15) is 18.0 Å². The van der Waals surface area contributed by atoms with Gasteiger partial charge in [-0.25, -0.2) is 9.78 Å². The molecular formula is C11H6F3NO3. The highest BCUT2D eigenvalue weighted by Gasteiger charge is 2.32. The highest BCUT2D eigenvalue weighted by atomic mass is 19.4. The number of hydrogen-bond donors (Lipinski definition) is 1. The molecule has 0 bridgehead atoms. The average Bonchev–Trinajstić information content (AvgIpc) is 2.26. The topological polar surface area (TPSA) is 59.4 Å². The van der Waals surface area contributed by atoms with Crippen molar-refractivity contribution in [1.29, 1.82) is 0 Å². The number of halogens is 3. The third-order valence-electron chi connectivity index (χ3n) is 2.18. The van der Waals surface area contributed by atoms with Crippen LogP contribution in [0.2, 0.25) is 0 Å². The molecular weight excluding hydrogens is 251 g/mol. The molecule has 0 aliphatic heterocycles. The lowest BCUT2D eigenvalue weighted by atomic mass is 10.1. The van der Waals surface area contributed by atoms with Crippen molar-refractivity contribution < 1.29 is 27.8 Å². The molecule has 4 nitrogen and oxygen atoms in total. The number of aromatic nitrogens is 1. The number of carboxylic acid groups (broad SMARTS) is 1. The van der Waals surface area contributed by atoms with E-state index in [0.29, 0.717) is 5.39 Å². The van der Waals surface area contributed by atoms with Gasteiger partial charge in [0.2, 0.25) is 0 Å². The Morgan fingerprint density at radius 2 is 2.00 bits per heavy atom. The molecule has 0 aliphatic rings. The summed E-state index contributed by atoms with van der Waals surface area (Å²) in [5.74, 6) is -2.00. The number of rotatable bonds is 2. The molecule has 0 fully saturated rings. The normalized spacial score (nSPS) is 11.5. The van der Waals surface area contributed by atoms with Gasteiger partial charge in [0, 0.05) is 6.20 Å². The lowest BCUT2D eigenvalue weighted by molar-refractivity contribution is -0.274. The molecule has 2 rings (SSSR count). The molecule has 0 unspecified atom stereocenters. The maximum atomic E-state index is 12.2. The van der Waals surface area contributed by atoms with Crippen LogP contribution in [-0.4, -0.2) is 22.4 Å². The summed E-state index contributed by atoms with van der Waals surface area (Å²) in [5.41, 5.74) is -0.479. The molecule has 7 heteroatoms. The van der Waals surface area contributed by atoms with Gasteiger partial charge in [-0.15, -0.1) is 13.2 Å². The lowest BCUT2D eigenvalue weighted by Gasteiger charge is -2.12. The fraction of sp³-hybridized carbons (Fsp3) is 0.0909. The summed E-state index contributed by atoms with van der Waals surface area (Å²) in [4.78, 5) is 14.5. The quantitative estimate of drug-likeness (QED) is 0.898. The van der Waals surface area contributed by atoms with Gasteiger partial charge in [-0.3, -0.25) is 0 Å². The zero-order valence-corrected chi connectivity index (χ0v) is 8.73. The second kappa shape index (κ2) is 4.17. The second-order valence-electron chi connectivity index (χ2n) is 3.37. The number of benzene rings is 1. The number of pyridine rings is 1. The third-order valence-corrected chi connectivity index (χ3v) is 2.18. The molecule has 94 valence electrons. The Bertz CT molecular complexity index is 605.